The first-order chi connectivity index (χ1) is 9.72. The number of carboxylic acid groups (broad SMARTS) is 1. The second-order valence-corrected chi connectivity index (χ2v) is 5.73. The van der Waals surface area contributed by atoms with Crippen LogP contribution < -0.4 is 4.74 Å². The summed E-state index contributed by atoms with van der Waals surface area (Å²) in [6, 6.07) is 6.84. The van der Waals surface area contributed by atoms with E-state index in [0.29, 0.717) is 23.7 Å². The lowest BCUT2D eigenvalue weighted by Crippen LogP contribution is -2.47. The molecule has 0 aromatic heterocycles. The minimum absolute atomic E-state index is 0.0349. The Morgan fingerprint density at radius 3 is 2.62 bits per heavy atom. The molecule has 1 N–H and O–H groups in total. The number of carboxylic acids is 1. The van der Waals surface area contributed by atoms with Gasteiger partial charge in [-0.2, -0.15) is 0 Å². The van der Waals surface area contributed by atoms with Crippen molar-refractivity contribution in [2.45, 2.75) is 32.3 Å². The van der Waals surface area contributed by atoms with Crippen LogP contribution in [0.2, 0.25) is 5.02 Å². The number of rotatable bonds is 7. The zero-order valence-corrected chi connectivity index (χ0v) is 13.2. The van der Waals surface area contributed by atoms with Gasteiger partial charge in [-0.25, -0.2) is 0 Å². The van der Waals surface area contributed by atoms with Gasteiger partial charge in [0.2, 0.25) is 0 Å². The molecule has 0 aliphatic heterocycles. The monoisotopic (exact) mass is 313 g/mol. The highest BCUT2D eigenvalue weighted by Gasteiger charge is 2.32. The number of carbonyl (C=O) groups excluding carboxylic acids is 1. The quantitative estimate of drug-likeness (QED) is 0.840. The van der Waals surface area contributed by atoms with Gasteiger partial charge in [0.05, 0.1) is 0 Å². The van der Waals surface area contributed by atoms with Crippen molar-refractivity contribution in [2.24, 2.45) is 0 Å². The smallest absolute Gasteiger partial charge is 0.303 e. The van der Waals surface area contributed by atoms with Crippen LogP contribution in [0.15, 0.2) is 24.3 Å². The van der Waals surface area contributed by atoms with Crippen LogP contribution in [0.1, 0.15) is 26.7 Å². The van der Waals surface area contributed by atoms with E-state index in [1.807, 2.05) is 0 Å². The summed E-state index contributed by atoms with van der Waals surface area (Å²) >= 11 is 5.88. The van der Waals surface area contributed by atoms with E-state index in [9.17, 15) is 9.59 Å². The first-order valence-electron chi connectivity index (χ1n) is 6.64. The average molecular weight is 314 g/mol. The summed E-state index contributed by atoms with van der Waals surface area (Å²) in [5, 5.41) is 9.14. The Kier molecular flexibility index (Phi) is 6.03. The van der Waals surface area contributed by atoms with E-state index >= 15 is 0 Å². The molecule has 1 aromatic carbocycles. The number of carbonyl (C=O) groups is 2. The molecule has 0 aliphatic rings. The molecule has 0 bridgehead atoms. The fourth-order valence-corrected chi connectivity index (χ4v) is 2.08. The van der Waals surface area contributed by atoms with Gasteiger partial charge in [-0.3, -0.25) is 9.59 Å². The molecular weight excluding hydrogens is 294 g/mol. The minimum Gasteiger partial charge on any atom is -0.481 e. The maximum Gasteiger partial charge on any atom is 0.303 e. The molecular formula is C15H20ClNO4. The molecule has 0 saturated heterocycles. The number of nitrogens with zero attached hydrogens (tertiary/aromatic N) is 1. The molecule has 21 heavy (non-hydrogen) atoms. The largest absolute Gasteiger partial charge is 0.481 e. The summed E-state index contributed by atoms with van der Waals surface area (Å²) < 4.78 is 5.70. The highest BCUT2D eigenvalue weighted by atomic mass is 35.5. The van der Waals surface area contributed by atoms with E-state index in [2.05, 4.69) is 0 Å². The molecule has 1 amide bonds. The van der Waals surface area contributed by atoms with Crippen molar-refractivity contribution in [3.8, 4) is 5.75 Å². The molecule has 0 heterocycles. The number of hydrogen-bond donors (Lipinski definition) is 1. The van der Waals surface area contributed by atoms with Crippen molar-refractivity contribution < 1.29 is 19.4 Å². The molecule has 1 rings (SSSR count). The molecule has 0 atom stereocenters. The van der Waals surface area contributed by atoms with E-state index in [4.69, 9.17) is 21.4 Å². The number of hydrogen-bond acceptors (Lipinski definition) is 3. The molecule has 116 valence electrons. The molecule has 0 unspecified atom stereocenters. The third kappa shape index (κ3) is 5.63. The van der Waals surface area contributed by atoms with Crippen LogP contribution in [0.5, 0.6) is 5.75 Å². The maximum absolute atomic E-state index is 12.4. The Bertz CT molecular complexity index is 516. The lowest BCUT2D eigenvalue weighted by molar-refractivity contribution is -0.145. The number of amides is 1. The average Bonchev–Trinajstić information content (AvgIpc) is 2.36. The van der Waals surface area contributed by atoms with Crippen molar-refractivity contribution in [1.29, 1.82) is 0 Å². The van der Waals surface area contributed by atoms with Gasteiger partial charge in [-0.1, -0.05) is 17.7 Å². The van der Waals surface area contributed by atoms with Crippen molar-refractivity contribution in [3.63, 3.8) is 0 Å². The van der Waals surface area contributed by atoms with Crippen LogP contribution in [-0.4, -0.2) is 41.1 Å². The van der Waals surface area contributed by atoms with Gasteiger partial charge in [0.1, 0.15) is 5.75 Å². The predicted octanol–water partition coefficient (Wildman–Crippen LogP) is 2.82. The second kappa shape index (κ2) is 7.31. The van der Waals surface area contributed by atoms with Gasteiger partial charge in [0, 0.05) is 25.0 Å². The number of halogens is 1. The molecule has 0 fully saturated rings. The lowest BCUT2D eigenvalue weighted by atomic mass is 10.1. The summed E-state index contributed by atoms with van der Waals surface area (Å²) in [5.41, 5.74) is -1.05. The summed E-state index contributed by atoms with van der Waals surface area (Å²) in [4.78, 5) is 24.3. The third-order valence-electron chi connectivity index (χ3n) is 2.91. The number of likely N-dealkylation sites (N-methyl/N-ethyl adjacent to an activating group) is 1. The molecule has 0 aliphatic carbocycles. The highest BCUT2D eigenvalue weighted by molar-refractivity contribution is 6.30. The Morgan fingerprint density at radius 1 is 1.38 bits per heavy atom. The van der Waals surface area contributed by atoms with Crippen LogP contribution >= 0.6 is 11.6 Å². The Labute approximate surface area is 129 Å². The molecule has 1 aromatic rings. The topological polar surface area (TPSA) is 66.8 Å². The standard InChI is InChI=1S/C15H20ClNO4/c1-15(2,21-12-7-4-6-11(16)10-12)14(20)17(3)9-5-8-13(18)19/h4,6-7,10H,5,8-9H2,1-3H3,(H,18,19). The Hall–Kier alpha value is -1.75. The molecule has 0 spiro atoms. The summed E-state index contributed by atoms with van der Waals surface area (Å²) in [6.45, 7) is 3.71. The second-order valence-electron chi connectivity index (χ2n) is 5.29. The highest BCUT2D eigenvalue weighted by Crippen LogP contribution is 2.23. The third-order valence-corrected chi connectivity index (χ3v) is 3.15. The Morgan fingerprint density at radius 2 is 2.05 bits per heavy atom. The number of aliphatic carboxylic acids is 1. The lowest BCUT2D eigenvalue weighted by Gasteiger charge is -2.30. The summed E-state index contributed by atoms with van der Waals surface area (Å²) in [7, 11) is 1.63. The molecule has 0 saturated carbocycles. The first kappa shape index (κ1) is 17.3. The fraction of sp³-hybridized carbons (Fsp3) is 0.467. The molecule has 6 heteroatoms. The fourth-order valence-electron chi connectivity index (χ4n) is 1.90. The van der Waals surface area contributed by atoms with Crippen LogP contribution in [0.3, 0.4) is 0 Å². The predicted molar refractivity (Wildman–Crippen MR) is 80.7 cm³/mol. The normalized spacial score (nSPS) is 11.0. The van der Waals surface area contributed by atoms with Crippen molar-refractivity contribution in [3.05, 3.63) is 29.3 Å². The van der Waals surface area contributed by atoms with E-state index in [-0.39, 0.29) is 12.3 Å². The SMILES string of the molecule is CN(CCCC(=O)O)C(=O)C(C)(C)Oc1cccc(Cl)c1. The van der Waals surface area contributed by atoms with Crippen molar-refractivity contribution in [1.82, 2.24) is 4.90 Å². The van der Waals surface area contributed by atoms with Gasteiger partial charge in [-0.15, -0.1) is 0 Å². The van der Waals surface area contributed by atoms with Crippen LogP contribution in [0.4, 0.5) is 0 Å². The van der Waals surface area contributed by atoms with E-state index < -0.39 is 11.6 Å². The van der Waals surface area contributed by atoms with E-state index in [1.165, 1.54) is 4.90 Å². The van der Waals surface area contributed by atoms with Crippen LogP contribution in [-0.2, 0) is 9.59 Å². The zero-order valence-electron chi connectivity index (χ0n) is 12.4. The van der Waals surface area contributed by atoms with Gasteiger partial charge in [-0.05, 0) is 38.5 Å². The van der Waals surface area contributed by atoms with Crippen LogP contribution in [0, 0.1) is 0 Å². The maximum atomic E-state index is 12.4. The van der Waals surface area contributed by atoms with Crippen molar-refractivity contribution in [2.75, 3.05) is 13.6 Å². The molecule has 0 radical (unpaired) electrons. The first-order valence-corrected chi connectivity index (χ1v) is 7.02. The Balaban J connectivity index is 2.63. The van der Waals surface area contributed by atoms with E-state index in [1.54, 1.807) is 45.2 Å². The van der Waals surface area contributed by atoms with Crippen LogP contribution in [0.25, 0.3) is 0 Å². The van der Waals surface area contributed by atoms with Gasteiger partial charge in [0.15, 0.2) is 5.60 Å². The summed E-state index contributed by atoms with van der Waals surface area (Å²) in [5.74, 6) is -0.571. The molecule has 5 nitrogen and oxygen atoms in total. The van der Waals surface area contributed by atoms with Gasteiger partial charge >= 0.3 is 5.97 Å². The van der Waals surface area contributed by atoms with E-state index in [0.717, 1.165) is 0 Å². The van der Waals surface area contributed by atoms with Crippen molar-refractivity contribution >= 4 is 23.5 Å². The van der Waals surface area contributed by atoms with Gasteiger partial charge in [0.25, 0.3) is 5.91 Å². The summed E-state index contributed by atoms with van der Waals surface area (Å²) in [6.07, 6.45) is 0.442. The zero-order chi connectivity index (χ0) is 16.0. The number of benzene rings is 1. The van der Waals surface area contributed by atoms with Gasteiger partial charge < -0.3 is 14.7 Å². The minimum atomic E-state index is -1.05. The number of ether oxygens (including phenoxy) is 1.